The molecule has 3 rings (SSSR count). The van der Waals surface area contributed by atoms with Crippen LogP contribution in [0.15, 0.2) is 30.3 Å². The quantitative estimate of drug-likeness (QED) is 0.824. The van der Waals surface area contributed by atoms with Crippen molar-refractivity contribution in [3.8, 4) is 0 Å². The molecule has 1 fully saturated rings. The summed E-state index contributed by atoms with van der Waals surface area (Å²) in [6.07, 6.45) is 2.19. The van der Waals surface area contributed by atoms with E-state index in [1.165, 1.54) is 11.1 Å². The standard InChI is InChI=1S/C23H33N3O2/c1-17-6-8-20(9-7-17)23(10-13-28-22(4,5)16-23)15-21(27)24-11-12-26-19(3)14-18(2)25-26/h6-9,14H,10-13,15-16H2,1-5H3,(H,24,27). The number of hydrogen-bond donors (Lipinski definition) is 1. The summed E-state index contributed by atoms with van der Waals surface area (Å²) in [5.74, 6) is 0.0970. The molecule has 1 aromatic heterocycles. The van der Waals surface area contributed by atoms with Gasteiger partial charge in [-0.1, -0.05) is 29.8 Å². The van der Waals surface area contributed by atoms with Gasteiger partial charge in [0.05, 0.1) is 17.8 Å². The van der Waals surface area contributed by atoms with E-state index in [2.05, 4.69) is 61.5 Å². The lowest BCUT2D eigenvalue weighted by Gasteiger charge is -2.45. The Bertz CT molecular complexity index is 823. The van der Waals surface area contributed by atoms with Gasteiger partial charge in [-0.25, -0.2) is 0 Å². The molecule has 0 saturated carbocycles. The molecule has 5 nitrogen and oxygen atoms in total. The molecular weight excluding hydrogens is 350 g/mol. The molecule has 0 aliphatic carbocycles. The van der Waals surface area contributed by atoms with Crippen LogP contribution in [0.25, 0.3) is 0 Å². The van der Waals surface area contributed by atoms with Gasteiger partial charge in [0.15, 0.2) is 0 Å². The van der Waals surface area contributed by atoms with Crippen LogP contribution < -0.4 is 5.32 Å². The fourth-order valence-corrected chi connectivity index (χ4v) is 4.46. The number of amides is 1. The van der Waals surface area contributed by atoms with E-state index in [-0.39, 0.29) is 16.9 Å². The predicted octanol–water partition coefficient (Wildman–Crippen LogP) is 3.84. The molecule has 1 atom stereocenters. The highest BCUT2D eigenvalue weighted by Crippen LogP contribution is 2.44. The number of carbonyl (C=O) groups is 1. The van der Waals surface area contributed by atoms with Gasteiger partial charge >= 0.3 is 0 Å². The number of hydrogen-bond acceptors (Lipinski definition) is 3. The Morgan fingerprint density at radius 3 is 2.54 bits per heavy atom. The number of aromatic nitrogens is 2. The van der Waals surface area contributed by atoms with Crippen molar-refractivity contribution in [3.63, 3.8) is 0 Å². The van der Waals surface area contributed by atoms with Crippen LogP contribution in [0.3, 0.4) is 0 Å². The average Bonchev–Trinajstić information content (AvgIpc) is 2.92. The summed E-state index contributed by atoms with van der Waals surface area (Å²) in [6, 6.07) is 10.7. The molecule has 2 aromatic rings. The smallest absolute Gasteiger partial charge is 0.220 e. The normalized spacial score (nSPS) is 21.5. The van der Waals surface area contributed by atoms with Crippen LogP contribution in [-0.2, 0) is 21.5 Å². The van der Waals surface area contributed by atoms with Gasteiger partial charge < -0.3 is 10.1 Å². The molecule has 28 heavy (non-hydrogen) atoms. The molecular formula is C23H33N3O2. The number of aryl methyl sites for hydroxylation is 3. The minimum absolute atomic E-state index is 0.0970. The molecule has 5 heteroatoms. The molecule has 0 radical (unpaired) electrons. The summed E-state index contributed by atoms with van der Waals surface area (Å²) in [7, 11) is 0. The van der Waals surface area contributed by atoms with E-state index in [4.69, 9.17) is 4.74 Å². The van der Waals surface area contributed by atoms with Gasteiger partial charge in [-0.3, -0.25) is 9.48 Å². The van der Waals surface area contributed by atoms with Gasteiger partial charge in [0.1, 0.15) is 0 Å². The summed E-state index contributed by atoms with van der Waals surface area (Å²) >= 11 is 0. The molecule has 0 bridgehead atoms. The summed E-state index contributed by atoms with van der Waals surface area (Å²) in [6.45, 7) is 12.3. The molecule has 0 spiro atoms. The van der Waals surface area contributed by atoms with E-state index in [0.717, 1.165) is 24.2 Å². The van der Waals surface area contributed by atoms with Crippen LogP contribution in [-0.4, -0.2) is 34.4 Å². The molecule has 1 N–H and O–H groups in total. The second kappa shape index (κ2) is 8.08. The van der Waals surface area contributed by atoms with Crippen molar-refractivity contribution in [1.29, 1.82) is 0 Å². The van der Waals surface area contributed by atoms with Crippen molar-refractivity contribution in [2.45, 2.75) is 71.4 Å². The first-order valence-corrected chi connectivity index (χ1v) is 10.2. The van der Waals surface area contributed by atoms with E-state index in [0.29, 0.717) is 26.1 Å². The second-order valence-electron chi connectivity index (χ2n) is 8.86. The van der Waals surface area contributed by atoms with Crippen molar-refractivity contribution in [2.75, 3.05) is 13.2 Å². The third-order valence-corrected chi connectivity index (χ3v) is 5.75. The average molecular weight is 384 g/mol. The first kappa shape index (κ1) is 20.6. The van der Waals surface area contributed by atoms with E-state index >= 15 is 0 Å². The first-order chi connectivity index (χ1) is 13.2. The molecule has 1 amide bonds. The fourth-order valence-electron chi connectivity index (χ4n) is 4.46. The van der Waals surface area contributed by atoms with Crippen LogP contribution in [0.2, 0.25) is 0 Å². The third-order valence-electron chi connectivity index (χ3n) is 5.75. The molecule has 1 aliphatic heterocycles. The number of ether oxygens (including phenoxy) is 1. The van der Waals surface area contributed by atoms with Crippen LogP contribution in [0.5, 0.6) is 0 Å². The van der Waals surface area contributed by atoms with E-state index in [1.54, 1.807) is 0 Å². The van der Waals surface area contributed by atoms with E-state index in [1.807, 2.05) is 18.5 Å². The predicted molar refractivity (Wildman–Crippen MR) is 111 cm³/mol. The van der Waals surface area contributed by atoms with Gasteiger partial charge in [0.2, 0.25) is 5.91 Å². The topological polar surface area (TPSA) is 56.2 Å². The monoisotopic (exact) mass is 383 g/mol. The summed E-state index contributed by atoms with van der Waals surface area (Å²) < 4.78 is 7.91. The van der Waals surface area contributed by atoms with Gasteiger partial charge in [-0.2, -0.15) is 5.10 Å². The largest absolute Gasteiger partial charge is 0.376 e. The van der Waals surface area contributed by atoms with Crippen LogP contribution in [0, 0.1) is 20.8 Å². The maximum Gasteiger partial charge on any atom is 0.220 e. The SMILES string of the molecule is Cc1ccc(C2(CC(=O)NCCn3nc(C)cc3C)CCOC(C)(C)C2)cc1. The number of carbonyl (C=O) groups excluding carboxylic acids is 1. The lowest BCUT2D eigenvalue weighted by atomic mass is 9.67. The fraction of sp³-hybridized carbons (Fsp3) is 0.565. The van der Waals surface area contributed by atoms with Crippen LogP contribution in [0.4, 0.5) is 0 Å². The van der Waals surface area contributed by atoms with Crippen molar-refractivity contribution < 1.29 is 9.53 Å². The number of rotatable bonds is 6. The Balaban J connectivity index is 1.69. The highest BCUT2D eigenvalue weighted by Gasteiger charge is 2.43. The molecule has 1 unspecified atom stereocenters. The number of nitrogens with one attached hydrogen (secondary N) is 1. The van der Waals surface area contributed by atoms with Gasteiger partial charge in [0.25, 0.3) is 0 Å². The zero-order chi connectivity index (χ0) is 20.4. The zero-order valence-electron chi connectivity index (χ0n) is 17.8. The Labute approximate surface area is 168 Å². The summed E-state index contributed by atoms with van der Waals surface area (Å²) in [4.78, 5) is 12.9. The van der Waals surface area contributed by atoms with E-state index < -0.39 is 0 Å². The van der Waals surface area contributed by atoms with Crippen molar-refractivity contribution in [3.05, 3.63) is 52.8 Å². The lowest BCUT2D eigenvalue weighted by molar-refractivity contribution is -0.126. The maximum atomic E-state index is 12.9. The third kappa shape index (κ3) is 4.82. The second-order valence-corrected chi connectivity index (χ2v) is 8.86. The van der Waals surface area contributed by atoms with Gasteiger partial charge in [0, 0.05) is 30.7 Å². The highest BCUT2D eigenvalue weighted by molar-refractivity contribution is 5.77. The Kier molecular flexibility index (Phi) is 5.94. The minimum atomic E-state index is -0.229. The zero-order valence-corrected chi connectivity index (χ0v) is 17.8. The Morgan fingerprint density at radius 2 is 1.93 bits per heavy atom. The Morgan fingerprint density at radius 1 is 1.21 bits per heavy atom. The van der Waals surface area contributed by atoms with Crippen molar-refractivity contribution in [2.24, 2.45) is 0 Å². The lowest BCUT2D eigenvalue weighted by Crippen LogP contribution is -2.46. The van der Waals surface area contributed by atoms with Crippen molar-refractivity contribution in [1.82, 2.24) is 15.1 Å². The molecule has 152 valence electrons. The number of benzene rings is 1. The maximum absolute atomic E-state index is 12.9. The minimum Gasteiger partial charge on any atom is -0.376 e. The van der Waals surface area contributed by atoms with E-state index in [9.17, 15) is 4.79 Å². The molecule has 1 aromatic carbocycles. The first-order valence-electron chi connectivity index (χ1n) is 10.2. The van der Waals surface area contributed by atoms with Gasteiger partial charge in [-0.15, -0.1) is 0 Å². The van der Waals surface area contributed by atoms with Gasteiger partial charge in [-0.05, 0) is 59.1 Å². The molecule has 2 heterocycles. The van der Waals surface area contributed by atoms with Crippen LogP contribution >= 0.6 is 0 Å². The highest BCUT2D eigenvalue weighted by atomic mass is 16.5. The molecule has 1 aliphatic rings. The summed E-state index contributed by atoms with van der Waals surface area (Å²) in [5, 5.41) is 7.57. The van der Waals surface area contributed by atoms with Crippen molar-refractivity contribution >= 4 is 5.91 Å². The number of nitrogens with zero attached hydrogens (tertiary/aromatic N) is 2. The Hall–Kier alpha value is -2.14. The summed E-state index contributed by atoms with van der Waals surface area (Å²) in [5.41, 5.74) is 4.19. The molecule has 1 saturated heterocycles. The van der Waals surface area contributed by atoms with Crippen LogP contribution in [0.1, 0.15) is 55.6 Å².